The maximum Gasteiger partial charge on any atom is 0.143 e. The predicted molar refractivity (Wildman–Crippen MR) is 46.0 cm³/mol. The highest BCUT2D eigenvalue weighted by Crippen LogP contribution is 2.30. The summed E-state index contributed by atoms with van der Waals surface area (Å²) in [5, 5.41) is 0. The molecule has 1 nitrogen and oxygen atoms in total. The second kappa shape index (κ2) is 2.41. The quantitative estimate of drug-likeness (QED) is 0.629. The van der Waals surface area contributed by atoms with E-state index in [0.29, 0.717) is 16.5 Å². The molecular weight excluding hydrogens is 209 g/mol. The van der Waals surface area contributed by atoms with Gasteiger partial charge in [0.1, 0.15) is 5.82 Å². The van der Waals surface area contributed by atoms with Crippen LogP contribution in [0, 0.1) is 5.82 Å². The number of halogens is 2. The van der Waals surface area contributed by atoms with Gasteiger partial charge in [0, 0.05) is 18.2 Å². The summed E-state index contributed by atoms with van der Waals surface area (Å²) in [6.45, 7) is 0. The van der Waals surface area contributed by atoms with E-state index in [1.165, 1.54) is 0 Å². The lowest BCUT2D eigenvalue weighted by Gasteiger charge is -1.99. The second-order valence-electron chi connectivity index (χ2n) is 2.37. The van der Waals surface area contributed by atoms with E-state index >= 15 is 0 Å². The zero-order valence-electron chi connectivity index (χ0n) is 5.64. The third-order valence-electron chi connectivity index (χ3n) is 1.70. The van der Waals surface area contributed by atoms with Crippen LogP contribution < -0.4 is 0 Å². The van der Waals surface area contributed by atoms with Crippen molar-refractivity contribution in [2.24, 2.45) is 4.99 Å². The lowest BCUT2D eigenvalue weighted by Crippen LogP contribution is -1.87. The zero-order chi connectivity index (χ0) is 7.84. The first-order valence-corrected chi connectivity index (χ1v) is 4.08. The van der Waals surface area contributed by atoms with Gasteiger partial charge in [-0.1, -0.05) is 0 Å². The van der Waals surface area contributed by atoms with Crippen molar-refractivity contribution < 1.29 is 4.39 Å². The molecule has 1 aliphatic rings. The van der Waals surface area contributed by atoms with Crippen molar-refractivity contribution in [1.29, 1.82) is 0 Å². The van der Waals surface area contributed by atoms with Crippen LogP contribution in [0.1, 0.15) is 5.56 Å². The third-order valence-corrected chi connectivity index (χ3v) is 2.31. The Labute approximate surface area is 72.1 Å². The molecule has 2 rings (SSSR count). The summed E-state index contributed by atoms with van der Waals surface area (Å²) in [5.41, 5.74) is 1.45. The van der Waals surface area contributed by atoms with E-state index in [9.17, 15) is 4.39 Å². The van der Waals surface area contributed by atoms with Crippen LogP contribution >= 0.6 is 15.9 Å². The molecule has 0 amide bonds. The number of hydrogen-bond donors (Lipinski definition) is 0. The Morgan fingerprint density at radius 2 is 2.27 bits per heavy atom. The molecule has 1 aromatic rings. The summed E-state index contributed by atoms with van der Waals surface area (Å²) in [7, 11) is 0. The number of rotatable bonds is 0. The fraction of sp³-hybridized carbons (Fsp3) is 0.125. The summed E-state index contributed by atoms with van der Waals surface area (Å²) in [6, 6.07) is 3.49. The molecular formula is C8H5BrFN. The molecule has 0 aromatic heterocycles. The van der Waals surface area contributed by atoms with E-state index in [0.717, 1.165) is 5.69 Å². The van der Waals surface area contributed by atoms with Gasteiger partial charge in [0.2, 0.25) is 0 Å². The summed E-state index contributed by atoms with van der Waals surface area (Å²) < 4.78 is 13.7. The van der Waals surface area contributed by atoms with Gasteiger partial charge in [0.25, 0.3) is 0 Å². The molecule has 0 spiro atoms. The highest BCUT2D eigenvalue weighted by Gasteiger charge is 2.13. The van der Waals surface area contributed by atoms with E-state index in [1.807, 2.05) is 6.07 Å². The van der Waals surface area contributed by atoms with Gasteiger partial charge in [0.15, 0.2) is 0 Å². The van der Waals surface area contributed by atoms with Crippen molar-refractivity contribution in [2.75, 3.05) is 0 Å². The Hall–Kier alpha value is -0.700. The van der Waals surface area contributed by atoms with Crippen molar-refractivity contribution >= 4 is 27.8 Å². The number of fused-ring (bicyclic) bond motifs is 1. The van der Waals surface area contributed by atoms with E-state index in [1.54, 1.807) is 12.3 Å². The topological polar surface area (TPSA) is 12.4 Å². The molecule has 0 N–H and O–H groups in total. The Morgan fingerprint density at radius 1 is 1.45 bits per heavy atom. The van der Waals surface area contributed by atoms with Crippen LogP contribution in [0.25, 0.3) is 0 Å². The Bertz CT molecular complexity index is 333. The van der Waals surface area contributed by atoms with E-state index in [2.05, 4.69) is 20.9 Å². The molecule has 1 aliphatic heterocycles. The molecule has 11 heavy (non-hydrogen) atoms. The van der Waals surface area contributed by atoms with Crippen LogP contribution in [-0.2, 0) is 6.42 Å². The van der Waals surface area contributed by atoms with Crippen molar-refractivity contribution in [3.05, 3.63) is 28.0 Å². The summed E-state index contributed by atoms with van der Waals surface area (Å²) >= 11 is 3.12. The smallest absolute Gasteiger partial charge is 0.143 e. The van der Waals surface area contributed by atoms with Gasteiger partial charge in [-0.2, -0.15) is 0 Å². The van der Waals surface area contributed by atoms with E-state index in [4.69, 9.17) is 0 Å². The number of benzene rings is 1. The third kappa shape index (κ3) is 0.997. The van der Waals surface area contributed by atoms with Crippen LogP contribution in [0.4, 0.5) is 10.1 Å². The Kier molecular flexibility index (Phi) is 1.53. The first kappa shape index (κ1) is 6.98. The van der Waals surface area contributed by atoms with Crippen molar-refractivity contribution in [2.45, 2.75) is 6.42 Å². The van der Waals surface area contributed by atoms with Gasteiger partial charge >= 0.3 is 0 Å². The van der Waals surface area contributed by atoms with E-state index < -0.39 is 0 Å². The molecule has 1 heterocycles. The highest BCUT2D eigenvalue weighted by molar-refractivity contribution is 9.10. The number of nitrogens with zero attached hydrogens (tertiary/aromatic N) is 1. The molecule has 0 atom stereocenters. The zero-order valence-corrected chi connectivity index (χ0v) is 7.23. The van der Waals surface area contributed by atoms with E-state index in [-0.39, 0.29) is 5.82 Å². The largest absolute Gasteiger partial charge is 0.260 e. The standard InChI is InChI=1S/C8H5BrFN/c9-6-1-2-7-5(8(6)10)3-4-11-7/h1-2,4H,3H2. The maximum absolute atomic E-state index is 13.2. The average molecular weight is 214 g/mol. The van der Waals surface area contributed by atoms with Crippen LogP contribution in [0.2, 0.25) is 0 Å². The van der Waals surface area contributed by atoms with Crippen LogP contribution in [0.15, 0.2) is 21.6 Å². The molecule has 0 bridgehead atoms. The fourth-order valence-electron chi connectivity index (χ4n) is 1.13. The minimum atomic E-state index is -0.181. The Morgan fingerprint density at radius 3 is 3.09 bits per heavy atom. The first-order valence-electron chi connectivity index (χ1n) is 3.28. The number of aliphatic imine (C=N–C) groups is 1. The SMILES string of the molecule is Fc1c(Br)ccc2c1CC=N2. The number of hydrogen-bond acceptors (Lipinski definition) is 1. The lowest BCUT2D eigenvalue weighted by atomic mass is 10.1. The average Bonchev–Trinajstić information content (AvgIpc) is 2.45. The van der Waals surface area contributed by atoms with Crippen molar-refractivity contribution in [3.63, 3.8) is 0 Å². The summed E-state index contributed by atoms with van der Waals surface area (Å²) in [6.07, 6.45) is 2.33. The van der Waals surface area contributed by atoms with Gasteiger partial charge in [-0.05, 0) is 28.1 Å². The second-order valence-corrected chi connectivity index (χ2v) is 3.23. The molecule has 3 heteroatoms. The normalized spacial score (nSPS) is 13.6. The molecule has 0 unspecified atom stereocenters. The van der Waals surface area contributed by atoms with Gasteiger partial charge in [-0.15, -0.1) is 0 Å². The molecule has 56 valence electrons. The predicted octanol–water partition coefficient (Wildman–Crippen LogP) is 2.85. The highest BCUT2D eigenvalue weighted by atomic mass is 79.9. The molecule has 0 saturated heterocycles. The van der Waals surface area contributed by atoms with Crippen molar-refractivity contribution in [1.82, 2.24) is 0 Å². The van der Waals surface area contributed by atoms with Gasteiger partial charge < -0.3 is 0 Å². The molecule has 0 fully saturated rings. The van der Waals surface area contributed by atoms with Gasteiger partial charge in [-0.3, -0.25) is 4.99 Å². The molecule has 1 aromatic carbocycles. The molecule has 0 radical (unpaired) electrons. The van der Waals surface area contributed by atoms with Crippen LogP contribution in [-0.4, -0.2) is 6.21 Å². The fourth-order valence-corrected chi connectivity index (χ4v) is 1.50. The summed E-state index contributed by atoms with van der Waals surface area (Å²) in [4.78, 5) is 4.02. The minimum absolute atomic E-state index is 0.181. The van der Waals surface area contributed by atoms with Crippen molar-refractivity contribution in [3.8, 4) is 0 Å². The monoisotopic (exact) mass is 213 g/mol. The lowest BCUT2D eigenvalue weighted by molar-refractivity contribution is 0.611. The maximum atomic E-state index is 13.2. The molecule has 0 aliphatic carbocycles. The van der Waals surface area contributed by atoms with Gasteiger partial charge in [-0.25, -0.2) is 4.39 Å². The summed E-state index contributed by atoms with van der Waals surface area (Å²) in [5.74, 6) is -0.181. The molecule has 0 saturated carbocycles. The Balaban J connectivity index is 2.67. The van der Waals surface area contributed by atoms with Crippen LogP contribution in [0.5, 0.6) is 0 Å². The van der Waals surface area contributed by atoms with Crippen LogP contribution in [0.3, 0.4) is 0 Å². The van der Waals surface area contributed by atoms with Gasteiger partial charge in [0.05, 0.1) is 10.2 Å². The first-order chi connectivity index (χ1) is 5.29. The minimum Gasteiger partial charge on any atom is -0.260 e.